The molecular formula is C15H11ClN2O2. The van der Waals surface area contributed by atoms with Gasteiger partial charge in [-0.05, 0) is 36.4 Å². The minimum atomic E-state index is -0.447. The molecule has 0 aromatic heterocycles. The molecule has 20 heavy (non-hydrogen) atoms. The standard InChI is InChI=1S/C15H11ClN2O2/c1-18-9-3-2-4-12(18)13-15(19)20-14(17-13)10-5-7-11(16)8-6-10/h2-9H,1H3/b13-12+. The second-order valence-electron chi connectivity index (χ2n) is 4.36. The number of ether oxygens (including phenoxy) is 1. The Morgan fingerprint density at radius 1 is 1.20 bits per heavy atom. The summed E-state index contributed by atoms with van der Waals surface area (Å²) < 4.78 is 5.23. The van der Waals surface area contributed by atoms with Gasteiger partial charge < -0.3 is 9.64 Å². The van der Waals surface area contributed by atoms with Crippen LogP contribution in [0, 0.1) is 0 Å². The summed E-state index contributed by atoms with van der Waals surface area (Å²) in [6.45, 7) is 0. The average molecular weight is 287 g/mol. The summed E-state index contributed by atoms with van der Waals surface area (Å²) in [5.41, 5.74) is 1.73. The molecule has 1 aromatic carbocycles. The Morgan fingerprint density at radius 2 is 1.95 bits per heavy atom. The lowest BCUT2D eigenvalue weighted by Gasteiger charge is -2.17. The van der Waals surface area contributed by atoms with E-state index in [1.807, 2.05) is 36.4 Å². The van der Waals surface area contributed by atoms with Crippen molar-refractivity contribution < 1.29 is 9.53 Å². The van der Waals surface area contributed by atoms with Crippen LogP contribution in [0.25, 0.3) is 0 Å². The van der Waals surface area contributed by atoms with Gasteiger partial charge in [0, 0.05) is 23.8 Å². The van der Waals surface area contributed by atoms with E-state index < -0.39 is 5.97 Å². The first-order chi connectivity index (χ1) is 9.65. The molecule has 2 heterocycles. The van der Waals surface area contributed by atoms with Gasteiger partial charge in [0.05, 0.1) is 5.70 Å². The normalized spacial score (nSPS) is 21.2. The summed E-state index contributed by atoms with van der Waals surface area (Å²) in [4.78, 5) is 18.1. The number of carbonyl (C=O) groups excluding carboxylic acids is 1. The summed E-state index contributed by atoms with van der Waals surface area (Å²) in [5, 5.41) is 0.623. The van der Waals surface area contributed by atoms with Crippen molar-refractivity contribution >= 4 is 23.5 Å². The zero-order chi connectivity index (χ0) is 14.1. The molecule has 2 aliphatic heterocycles. The maximum atomic E-state index is 12.0. The summed E-state index contributed by atoms with van der Waals surface area (Å²) >= 11 is 5.84. The van der Waals surface area contributed by atoms with Crippen molar-refractivity contribution in [2.75, 3.05) is 7.05 Å². The maximum absolute atomic E-state index is 12.0. The van der Waals surface area contributed by atoms with Gasteiger partial charge in [0.15, 0.2) is 5.70 Å². The van der Waals surface area contributed by atoms with Crippen molar-refractivity contribution in [3.63, 3.8) is 0 Å². The number of rotatable bonds is 1. The lowest BCUT2D eigenvalue weighted by Crippen LogP contribution is -2.15. The third-order valence-corrected chi connectivity index (χ3v) is 3.24. The number of halogens is 1. The predicted molar refractivity (Wildman–Crippen MR) is 77.2 cm³/mol. The molecule has 0 bridgehead atoms. The number of likely N-dealkylation sites (N-methyl/N-ethyl adjacent to an activating group) is 1. The Morgan fingerprint density at radius 3 is 2.65 bits per heavy atom. The van der Waals surface area contributed by atoms with Crippen LogP contribution in [0.3, 0.4) is 0 Å². The van der Waals surface area contributed by atoms with E-state index in [0.29, 0.717) is 22.3 Å². The molecule has 0 unspecified atom stereocenters. The van der Waals surface area contributed by atoms with Crippen LogP contribution in [-0.2, 0) is 9.53 Å². The zero-order valence-corrected chi connectivity index (χ0v) is 11.5. The predicted octanol–water partition coefficient (Wildman–Crippen LogP) is 2.87. The van der Waals surface area contributed by atoms with E-state index in [1.165, 1.54) is 0 Å². The third kappa shape index (κ3) is 2.26. The van der Waals surface area contributed by atoms with E-state index in [0.717, 1.165) is 5.56 Å². The van der Waals surface area contributed by atoms with Crippen LogP contribution in [0.4, 0.5) is 0 Å². The number of cyclic esters (lactones) is 1. The minimum absolute atomic E-state index is 0.297. The summed E-state index contributed by atoms with van der Waals surface area (Å²) in [6.07, 6.45) is 7.41. The number of benzene rings is 1. The number of hydrogen-bond acceptors (Lipinski definition) is 4. The Balaban J connectivity index is 2.01. The highest BCUT2D eigenvalue weighted by Gasteiger charge is 2.28. The Labute approximate surface area is 121 Å². The molecule has 100 valence electrons. The van der Waals surface area contributed by atoms with Gasteiger partial charge in [-0.1, -0.05) is 17.7 Å². The molecule has 0 saturated carbocycles. The molecule has 0 N–H and O–H groups in total. The number of hydrogen-bond donors (Lipinski definition) is 0. The fourth-order valence-electron chi connectivity index (χ4n) is 1.95. The fourth-order valence-corrected chi connectivity index (χ4v) is 2.08. The number of esters is 1. The van der Waals surface area contributed by atoms with Crippen molar-refractivity contribution in [2.24, 2.45) is 4.99 Å². The Bertz CT molecular complexity index is 684. The largest absolute Gasteiger partial charge is 0.402 e. The van der Waals surface area contributed by atoms with E-state index in [9.17, 15) is 4.79 Å². The molecule has 1 aromatic rings. The lowest BCUT2D eigenvalue weighted by molar-refractivity contribution is -0.130. The van der Waals surface area contributed by atoms with Crippen LogP contribution in [0.2, 0.25) is 5.02 Å². The maximum Gasteiger partial charge on any atom is 0.366 e. The summed E-state index contributed by atoms with van der Waals surface area (Å²) in [7, 11) is 1.85. The van der Waals surface area contributed by atoms with Crippen molar-refractivity contribution in [1.29, 1.82) is 0 Å². The third-order valence-electron chi connectivity index (χ3n) is 2.98. The lowest BCUT2D eigenvalue weighted by atomic mass is 10.2. The highest BCUT2D eigenvalue weighted by atomic mass is 35.5. The number of allylic oxidation sites excluding steroid dienone is 3. The monoisotopic (exact) mass is 286 g/mol. The average Bonchev–Trinajstić information content (AvgIpc) is 2.82. The van der Waals surface area contributed by atoms with Crippen molar-refractivity contribution in [3.05, 3.63) is 70.7 Å². The Hall–Kier alpha value is -2.33. The fraction of sp³-hybridized carbons (Fsp3) is 0.0667. The van der Waals surface area contributed by atoms with E-state index >= 15 is 0 Å². The van der Waals surface area contributed by atoms with Gasteiger partial charge in [-0.25, -0.2) is 9.79 Å². The molecule has 5 heteroatoms. The van der Waals surface area contributed by atoms with Crippen LogP contribution >= 0.6 is 11.6 Å². The molecule has 3 rings (SSSR count). The van der Waals surface area contributed by atoms with E-state index in [1.54, 1.807) is 24.3 Å². The van der Waals surface area contributed by atoms with Crippen molar-refractivity contribution in [1.82, 2.24) is 4.90 Å². The molecule has 0 saturated heterocycles. The molecule has 0 spiro atoms. The second-order valence-corrected chi connectivity index (χ2v) is 4.80. The molecule has 0 atom stereocenters. The highest BCUT2D eigenvalue weighted by molar-refractivity contribution is 6.30. The molecule has 0 fully saturated rings. The van der Waals surface area contributed by atoms with Gasteiger partial charge in [0.1, 0.15) is 0 Å². The first-order valence-corrected chi connectivity index (χ1v) is 6.42. The van der Waals surface area contributed by atoms with Crippen LogP contribution < -0.4 is 0 Å². The molecule has 0 aliphatic carbocycles. The quantitative estimate of drug-likeness (QED) is 0.589. The van der Waals surface area contributed by atoms with Gasteiger partial charge >= 0.3 is 5.97 Å². The van der Waals surface area contributed by atoms with Crippen LogP contribution in [-0.4, -0.2) is 23.8 Å². The van der Waals surface area contributed by atoms with Gasteiger partial charge in [-0.3, -0.25) is 0 Å². The highest BCUT2D eigenvalue weighted by Crippen LogP contribution is 2.24. The molecule has 0 radical (unpaired) electrons. The van der Waals surface area contributed by atoms with Gasteiger partial charge in [-0.15, -0.1) is 0 Å². The second kappa shape index (κ2) is 4.98. The van der Waals surface area contributed by atoms with E-state index in [-0.39, 0.29) is 0 Å². The summed E-state index contributed by atoms with van der Waals surface area (Å²) in [6, 6.07) is 6.99. The smallest absolute Gasteiger partial charge is 0.366 e. The van der Waals surface area contributed by atoms with Crippen molar-refractivity contribution in [3.8, 4) is 0 Å². The van der Waals surface area contributed by atoms with Gasteiger partial charge in [0.2, 0.25) is 5.90 Å². The van der Waals surface area contributed by atoms with Gasteiger partial charge in [-0.2, -0.15) is 0 Å². The van der Waals surface area contributed by atoms with Crippen LogP contribution in [0.5, 0.6) is 0 Å². The number of carbonyl (C=O) groups is 1. The van der Waals surface area contributed by atoms with E-state index in [4.69, 9.17) is 16.3 Å². The Kier molecular flexibility index (Phi) is 3.16. The topological polar surface area (TPSA) is 41.9 Å². The molecule has 2 aliphatic rings. The zero-order valence-electron chi connectivity index (χ0n) is 10.7. The number of aliphatic imine (C=N–C) groups is 1. The first kappa shape index (κ1) is 12.7. The SMILES string of the molecule is CN1C=CC=C/C1=C1\N=C(c2ccc(Cl)cc2)OC1=O. The van der Waals surface area contributed by atoms with Crippen LogP contribution in [0.15, 0.2) is 65.1 Å². The first-order valence-electron chi connectivity index (χ1n) is 6.04. The number of nitrogens with zero attached hydrogens (tertiary/aromatic N) is 2. The van der Waals surface area contributed by atoms with Crippen LogP contribution in [0.1, 0.15) is 5.56 Å². The summed E-state index contributed by atoms with van der Waals surface area (Å²) in [5.74, 6) is -0.151. The molecule has 0 amide bonds. The van der Waals surface area contributed by atoms with Crippen molar-refractivity contribution in [2.45, 2.75) is 0 Å². The van der Waals surface area contributed by atoms with E-state index in [2.05, 4.69) is 4.99 Å². The van der Waals surface area contributed by atoms with Gasteiger partial charge in [0.25, 0.3) is 0 Å². The minimum Gasteiger partial charge on any atom is -0.402 e. The molecular weight excluding hydrogens is 276 g/mol. The molecule has 4 nitrogen and oxygen atoms in total.